The molecule has 2 aliphatic rings. The summed E-state index contributed by atoms with van der Waals surface area (Å²) in [6, 6.07) is 10.4. The van der Waals surface area contributed by atoms with Gasteiger partial charge in [-0.25, -0.2) is 18.2 Å². The number of para-hydroxylation sites is 1. The summed E-state index contributed by atoms with van der Waals surface area (Å²) < 4.78 is 47.8. The third-order valence-corrected chi connectivity index (χ3v) is 10.7. The molecule has 0 unspecified atom stereocenters. The number of piperazine rings is 1. The normalized spacial score (nSPS) is 17.1. The van der Waals surface area contributed by atoms with Gasteiger partial charge in [-0.3, -0.25) is 4.79 Å². The van der Waals surface area contributed by atoms with Gasteiger partial charge < -0.3 is 24.0 Å². The van der Waals surface area contributed by atoms with Crippen LogP contribution in [0.3, 0.4) is 0 Å². The van der Waals surface area contributed by atoms with Crippen LogP contribution in [-0.2, 0) is 30.9 Å². The van der Waals surface area contributed by atoms with Crippen LogP contribution < -0.4 is 9.46 Å². The largest absolute Gasteiger partial charge is 0.487 e. The average Bonchev–Trinajstić information content (AvgIpc) is 3.00. The average molecular weight is 708 g/mol. The highest BCUT2D eigenvalue weighted by molar-refractivity contribution is 7.89. The van der Waals surface area contributed by atoms with Crippen LogP contribution in [0.1, 0.15) is 50.4 Å². The first kappa shape index (κ1) is 35.2. The molecule has 14 heteroatoms. The highest BCUT2D eigenvalue weighted by Gasteiger charge is 2.47. The van der Waals surface area contributed by atoms with Crippen LogP contribution >= 0.6 is 23.2 Å². The van der Waals surface area contributed by atoms with Crippen molar-refractivity contribution in [1.82, 2.24) is 19.5 Å². The molecule has 0 atom stereocenters. The Morgan fingerprint density at radius 3 is 2.34 bits per heavy atom. The molecule has 2 saturated heterocycles. The van der Waals surface area contributed by atoms with Gasteiger partial charge in [0.2, 0.25) is 15.9 Å². The summed E-state index contributed by atoms with van der Waals surface area (Å²) in [4.78, 5) is 34.1. The molecule has 0 radical (unpaired) electrons. The van der Waals surface area contributed by atoms with E-state index in [1.807, 2.05) is 32.0 Å². The number of ether oxygens (including phenoxy) is 3. The van der Waals surface area contributed by atoms with Gasteiger partial charge in [0.1, 0.15) is 33.9 Å². The van der Waals surface area contributed by atoms with Crippen LogP contribution in [0.5, 0.6) is 5.75 Å². The van der Waals surface area contributed by atoms with Crippen LogP contribution in [-0.4, -0.2) is 85.7 Å². The summed E-state index contributed by atoms with van der Waals surface area (Å²) in [5, 5.41) is 1.06. The van der Waals surface area contributed by atoms with Crippen LogP contribution in [0.15, 0.2) is 41.3 Å². The Kier molecular flexibility index (Phi) is 10.3. The summed E-state index contributed by atoms with van der Waals surface area (Å²) in [7, 11) is -4.34. The summed E-state index contributed by atoms with van der Waals surface area (Å²) in [6.45, 7) is 10.5. The summed E-state index contributed by atoms with van der Waals surface area (Å²) in [5.41, 5.74) is 0.736. The molecule has 254 valence electrons. The van der Waals surface area contributed by atoms with E-state index in [1.54, 1.807) is 36.6 Å². The quantitative estimate of drug-likeness (QED) is 0.334. The van der Waals surface area contributed by atoms with Gasteiger partial charge in [-0.1, -0.05) is 35.3 Å². The van der Waals surface area contributed by atoms with E-state index in [0.29, 0.717) is 11.3 Å². The van der Waals surface area contributed by atoms with Gasteiger partial charge in [0.15, 0.2) is 0 Å². The predicted molar refractivity (Wildman–Crippen MR) is 180 cm³/mol. The molecule has 2 amide bonds. The van der Waals surface area contributed by atoms with Gasteiger partial charge >= 0.3 is 6.09 Å². The molecule has 11 nitrogen and oxygen atoms in total. The second kappa shape index (κ2) is 13.8. The number of aromatic nitrogens is 1. The third-order valence-electron chi connectivity index (χ3n) is 8.25. The van der Waals surface area contributed by atoms with E-state index < -0.39 is 27.3 Å². The maximum Gasteiger partial charge on any atom is 0.410 e. The van der Waals surface area contributed by atoms with E-state index in [4.69, 9.17) is 37.4 Å². The number of sulfonamides is 1. The Bertz CT molecular complexity index is 1780. The van der Waals surface area contributed by atoms with Crippen molar-refractivity contribution in [3.8, 4) is 5.75 Å². The van der Waals surface area contributed by atoms with E-state index in [-0.39, 0.29) is 85.3 Å². The van der Waals surface area contributed by atoms with Crippen molar-refractivity contribution >= 4 is 56.1 Å². The molecule has 0 spiro atoms. The highest BCUT2D eigenvalue weighted by atomic mass is 35.5. The lowest BCUT2D eigenvalue weighted by Crippen LogP contribution is -2.64. The first-order chi connectivity index (χ1) is 22.1. The van der Waals surface area contributed by atoms with Crippen molar-refractivity contribution < 1.29 is 32.2 Å². The number of fused-ring (bicyclic) bond motifs is 1. The molecular weight excluding hydrogens is 667 g/mol. The number of carbonyl (C=O) groups excluding carboxylic acids is 2. The van der Waals surface area contributed by atoms with Crippen molar-refractivity contribution in [2.75, 3.05) is 39.4 Å². The summed E-state index contributed by atoms with van der Waals surface area (Å²) in [6.07, 6.45) is -0.193. The zero-order valence-electron chi connectivity index (χ0n) is 27.2. The third kappa shape index (κ3) is 7.78. The standard InChI is InChI=1S/C33H40Cl2N4O7S/c1-21-19-22(2)36-29-23(21)7-6-8-26(29)45-20-24-25(34)9-10-27(28(24)35)47(42,43)37-33(11-17-44-18-12-33)30(40)38-13-15-39(16-14-38)31(41)46-32(3,4)5/h6-10,19,37H,11-18,20H2,1-5H3. The zero-order valence-corrected chi connectivity index (χ0v) is 29.5. The Morgan fingerprint density at radius 1 is 1.02 bits per heavy atom. The second-order valence-electron chi connectivity index (χ2n) is 12.9. The number of halogens is 2. The van der Waals surface area contributed by atoms with Crippen LogP contribution in [0.2, 0.25) is 10.0 Å². The number of nitrogens with one attached hydrogen (secondary N) is 1. The molecule has 2 fully saturated rings. The minimum absolute atomic E-state index is 0.105. The molecule has 5 rings (SSSR count). The summed E-state index contributed by atoms with van der Waals surface area (Å²) in [5.74, 6) is 0.127. The molecule has 1 N–H and O–H groups in total. The van der Waals surface area contributed by atoms with Gasteiger partial charge in [-0.05, 0) is 77.3 Å². The molecular formula is C33H40Cl2N4O7S. The molecule has 0 saturated carbocycles. The lowest BCUT2D eigenvalue weighted by Gasteiger charge is -2.42. The topological polar surface area (TPSA) is 127 Å². The number of nitrogens with zero attached hydrogens (tertiary/aromatic N) is 3. The molecule has 3 heterocycles. The van der Waals surface area contributed by atoms with Crippen molar-refractivity contribution in [1.29, 1.82) is 0 Å². The van der Waals surface area contributed by atoms with Crippen LogP contribution in [0.4, 0.5) is 4.79 Å². The molecule has 2 aliphatic heterocycles. The fourth-order valence-electron chi connectivity index (χ4n) is 5.85. The van der Waals surface area contributed by atoms with Crippen molar-refractivity contribution in [3.63, 3.8) is 0 Å². The van der Waals surface area contributed by atoms with Gasteiger partial charge in [0.25, 0.3) is 0 Å². The Balaban J connectivity index is 1.36. The fraction of sp³-hybridized carbons (Fsp3) is 0.485. The zero-order chi connectivity index (χ0) is 34.1. The minimum Gasteiger partial charge on any atom is -0.487 e. The summed E-state index contributed by atoms with van der Waals surface area (Å²) >= 11 is 13.3. The number of aryl methyl sites for hydroxylation is 2. The van der Waals surface area contributed by atoms with E-state index in [9.17, 15) is 18.0 Å². The number of pyridine rings is 1. The minimum atomic E-state index is -4.34. The Hall–Kier alpha value is -3.16. The van der Waals surface area contributed by atoms with E-state index >= 15 is 0 Å². The highest BCUT2D eigenvalue weighted by Crippen LogP contribution is 2.35. The number of benzene rings is 2. The first-order valence-electron chi connectivity index (χ1n) is 15.5. The molecule has 2 aromatic carbocycles. The maximum absolute atomic E-state index is 14.0. The molecule has 0 bridgehead atoms. The lowest BCUT2D eigenvalue weighted by atomic mass is 9.89. The molecule has 47 heavy (non-hydrogen) atoms. The van der Waals surface area contributed by atoms with Crippen molar-refractivity contribution in [2.45, 2.75) is 70.1 Å². The van der Waals surface area contributed by atoms with E-state index in [2.05, 4.69) is 9.71 Å². The Morgan fingerprint density at radius 2 is 1.68 bits per heavy atom. The second-order valence-corrected chi connectivity index (χ2v) is 15.4. The van der Waals surface area contributed by atoms with Gasteiger partial charge in [0.05, 0.1) is 5.02 Å². The van der Waals surface area contributed by atoms with Gasteiger partial charge in [-0.2, -0.15) is 4.72 Å². The lowest BCUT2D eigenvalue weighted by molar-refractivity contribution is -0.143. The van der Waals surface area contributed by atoms with Crippen molar-refractivity contribution in [2.24, 2.45) is 0 Å². The van der Waals surface area contributed by atoms with Gasteiger partial charge in [0, 0.05) is 61.1 Å². The smallest absolute Gasteiger partial charge is 0.410 e. The number of rotatable bonds is 7. The van der Waals surface area contributed by atoms with E-state index in [0.717, 1.165) is 16.6 Å². The number of amides is 2. The number of hydrogen-bond acceptors (Lipinski definition) is 8. The van der Waals surface area contributed by atoms with Crippen LogP contribution in [0.25, 0.3) is 10.9 Å². The maximum atomic E-state index is 14.0. The predicted octanol–water partition coefficient (Wildman–Crippen LogP) is 5.64. The Labute approximate surface area is 285 Å². The SMILES string of the molecule is Cc1cc(C)c2cccc(OCc3c(Cl)ccc(S(=O)(=O)NC4(C(=O)N5CCN(C(=O)OC(C)(C)C)CC5)CCOCC4)c3Cl)c2n1. The monoisotopic (exact) mass is 706 g/mol. The number of hydrogen-bond donors (Lipinski definition) is 1. The molecule has 3 aromatic rings. The fourth-order valence-corrected chi connectivity index (χ4v) is 8.16. The molecule has 0 aliphatic carbocycles. The first-order valence-corrected chi connectivity index (χ1v) is 17.7. The number of carbonyl (C=O) groups is 2. The van der Waals surface area contributed by atoms with E-state index in [1.165, 1.54) is 12.1 Å². The van der Waals surface area contributed by atoms with Gasteiger partial charge in [-0.15, -0.1) is 0 Å². The molecule has 1 aromatic heterocycles. The van der Waals surface area contributed by atoms with Crippen LogP contribution in [0, 0.1) is 13.8 Å². The van der Waals surface area contributed by atoms with Crippen molar-refractivity contribution in [3.05, 3.63) is 63.3 Å².